The van der Waals surface area contributed by atoms with Gasteiger partial charge < -0.3 is 10.3 Å². The summed E-state index contributed by atoms with van der Waals surface area (Å²) < 4.78 is 18.4. The van der Waals surface area contributed by atoms with Gasteiger partial charge in [0.1, 0.15) is 11.5 Å². The van der Waals surface area contributed by atoms with Gasteiger partial charge in [0.15, 0.2) is 5.76 Å². The van der Waals surface area contributed by atoms with E-state index in [1.54, 1.807) is 12.1 Å². The quantitative estimate of drug-likeness (QED) is 0.911. The molecule has 0 saturated heterocycles. The van der Waals surface area contributed by atoms with Gasteiger partial charge in [-0.15, -0.1) is 0 Å². The van der Waals surface area contributed by atoms with Crippen LogP contribution < -0.4 is 5.73 Å². The van der Waals surface area contributed by atoms with Gasteiger partial charge in [-0.25, -0.2) is 4.39 Å². The van der Waals surface area contributed by atoms with Crippen LogP contribution in [0.1, 0.15) is 25.1 Å². The summed E-state index contributed by atoms with van der Waals surface area (Å²) in [6.45, 7) is 1.95. The minimum atomic E-state index is -0.478. The Bertz CT molecular complexity index is 527. The molecule has 0 aliphatic rings. The molecular weight excluding hydrogens is 243 g/mol. The maximum atomic E-state index is 13.3. The van der Waals surface area contributed by atoms with Crippen LogP contribution in [-0.4, -0.2) is 5.16 Å². The summed E-state index contributed by atoms with van der Waals surface area (Å²) in [6.07, 6.45) is 0.754. The van der Waals surface area contributed by atoms with E-state index in [4.69, 9.17) is 21.9 Å². The van der Waals surface area contributed by atoms with Crippen molar-refractivity contribution < 1.29 is 8.91 Å². The minimum Gasteiger partial charge on any atom is -0.359 e. The standard InChI is InChI=1S/C12H12ClFN2O/c1-2-10(15)12-6-11(16-17-12)7-3-4-8(13)9(14)5-7/h3-6,10H,2,15H2,1H3. The lowest BCUT2D eigenvalue weighted by Crippen LogP contribution is -2.06. The Labute approximate surface area is 103 Å². The van der Waals surface area contributed by atoms with Crippen LogP contribution in [0.3, 0.4) is 0 Å². The number of nitrogens with zero attached hydrogens (tertiary/aromatic N) is 1. The van der Waals surface area contributed by atoms with E-state index in [-0.39, 0.29) is 11.1 Å². The van der Waals surface area contributed by atoms with Crippen molar-refractivity contribution in [1.82, 2.24) is 5.16 Å². The Kier molecular flexibility index (Phi) is 3.45. The highest BCUT2D eigenvalue weighted by atomic mass is 35.5. The molecule has 0 spiro atoms. The van der Waals surface area contributed by atoms with Gasteiger partial charge in [0, 0.05) is 11.6 Å². The molecule has 2 N–H and O–H groups in total. The molecule has 3 nitrogen and oxygen atoms in total. The lowest BCUT2D eigenvalue weighted by molar-refractivity contribution is 0.360. The number of hydrogen-bond acceptors (Lipinski definition) is 3. The van der Waals surface area contributed by atoms with Crippen molar-refractivity contribution in [2.75, 3.05) is 0 Å². The molecule has 1 heterocycles. The molecule has 0 saturated carbocycles. The largest absolute Gasteiger partial charge is 0.359 e. The van der Waals surface area contributed by atoms with Gasteiger partial charge in [-0.1, -0.05) is 29.7 Å². The summed E-state index contributed by atoms with van der Waals surface area (Å²) in [4.78, 5) is 0. The molecule has 0 bridgehead atoms. The summed E-state index contributed by atoms with van der Waals surface area (Å²) in [5.74, 6) is 0.117. The average Bonchev–Trinajstić information content (AvgIpc) is 2.81. The van der Waals surface area contributed by atoms with Crippen molar-refractivity contribution in [3.05, 3.63) is 40.9 Å². The van der Waals surface area contributed by atoms with Crippen LogP contribution >= 0.6 is 11.6 Å². The zero-order chi connectivity index (χ0) is 12.4. The second-order valence-electron chi connectivity index (χ2n) is 3.76. The van der Waals surface area contributed by atoms with Crippen LogP contribution in [-0.2, 0) is 0 Å². The first-order valence-electron chi connectivity index (χ1n) is 5.29. The van der Waals surface area contributed by atoms with Gasteiger partial charge in [-0.2, -0.15) is 0 Å². The first kappa shape index (κ1) is 12.1. The summed E-state index contributed by atoms with van der Waals surface area (Å²) in [6, 6.07) is 6.02. The zero-order valence-electron chi connectivity index (χ0n) is 9.28. The van der Waals surface area contributed by atoms with Crippen molar-refractivity contribution in [3.63, 3.8) is 0 Å². The molecule has 0 radical (unpaired) electrons. The van der Waals surface area contributed by atoms with E-state index in [9.17, 15) is 4.39 Å². The monoisotopic (exact) mass is 254 g/mol. The molecule has 5 heteroatoms. The van der Waals surface area contributed by atoms with E-state index in [0.29, 0.717) is 17.0 Å². The van der Waals surface area contributed by atoms with E-state index in [2.05, 4.69) is 5.16 Å². The number of rotatable bonds is 3. The molecule has 17 heavy (non-hydrogen) atoms. The second-order valence-corrected chi connectivity index (χ2v) is 4.17. The van der Waals surface area contributed by atoms with Crippen LogP contribution in [0, 0.1) is 5.82 Å². The molecule has 2 aromatic rings. The van der Waals surface area contributed by atoms with Crippen molar-refractivity contribution in [2.24, 2.45) is 5.73 Å². The Morgan fingerprint density at radius 3 is 2.88 bits per heavy atom. The molecular formula is C12H12ClFN2O. The summed E-state index contributed by atoms with van der Waals surface area (Å²) in [5.41, 5.74) is 6.98. The fourth-order valence-corrected chi connectivity index (χ4v) is 1.57. The number of benzene rings is 1. The van der Waals surface area contributed by atoms with Gasteiger partial charge in [-0.3, -0.25) is 0 Å². The van der Waals surface area contributed by atoms with Gasteiger partial charge in [0.2, 0.25) is 0 Å². The van der Waals surface area contributed by atoms with Crippen LogP contribution in [0.5, 0.6) is 0 Å². The smallest absolute Gasteiger partial charge is 0.154 e. The predicted octanol–water partition coefficient (Wildman–Crippen LogP) is 3.54. The molecule has 1 aromatic heterocycles. The van der Waals surface area contributed by atoms with Crippen LogP contribution in [0.2, 0.25) is 5.02 Å². The third kappa shape index (κ3) is 2.48. The highest BCUT2D eigenvalue weighted by molar-refractivity contribution is 6.30. The SMILES string of the molecule is CCC(N)c1cc(-c2ccc(Cl)c(F)c2)no1. The summed E-state index contributed by atoms with van der Waals surface area (Å²) in [5, 5.41) is 3.95. The molecule has 1 unspecified atom stereocenters. The predicted molar refractivity (Wildman–Crippen MR) is 64.1 cm³/mol. The molecule has 0 aliphatic carbocycles. The Balaban J connectivity index is 2.33. The topological polar surface area (TPSA) is 52.0 Å². The highest BCUT2D eigenvalue weighted by Gasteiger charge is 2.12. The van der Waals surface area contributed by atoms with Crippen molar-refractivity contribution in [2.45, 2.75) is 19.4 Å². The molecule has 0 aliphatic heterocycles. The van der Waals surface area contributed by atoms with Crippen molar-refractivity contribution >= 4 is 11.6 Å². The first-order chi connectivity index (χ1) is 8.11. The van der Waals surface area contributed by atoms with Crippen LogP contribution in [0.25, 0.3) is 11.3 Å². The average molecular weight is 255 g/mol. The highest BCUT2D eigenvalue weighted by Crippen LogP contribution is 2.25. The Hall–Kier alpha value is -1.39. The molecule has 2 rings (SSSR count). The van der Waals surface area contributed by atoms with E-state index in [0.717, 1.165) is 6.42 Å². The zero-order valence-corrected chi connectivity index (χ0v) is 10.0. The molecule has 1 aromatic carbocycles. The summed E-state index contributed by atoms with van der Waals surface area (Å²) in [7, 11) is 0. The van der Waals surface area contributed by atoms with Gasteiger partial charge >= 0.3 is 0 Å². The molecule has 90 valence electrons. The normalized spacial score (nSPS) is 12.7. The van der Waals surface area contributed by atoms with Gasteiger partial charge in [0.25, 0.3) is 0 Å². The maximum Gasteiger partial charge on any atom is 0.154 e. The summed E-state index contributed by atoms with van der Waals surface area (Å²) >= 11 is 5.61. The van der Waals surface area contributed by atoms with E-state index in [1.165, 1.54) is 12.1 Å². The van der Waals surface area contributed by atoms with Crippen molar-refractivity contribution in [1.29, 1.82) is 0 Å². The van der Waals surface area contributed by atoms with E-state index < -0.39 is 5.82 Å². The first-order valence-corrected chi connectivity index (χ1v) is 5.67. The number of aromatic nitrogens is 1. The van der Waals surface area contributed by atoms with E-state index >= 15 is 0 Å². The fourth-order valence-electron chi connectivity index (χ4n) is 1.46. The Morgan fingerprint density at radius 1 is 1.47 bits per heavy atom. The van der Waals surface area contributed by atoms with Crippen LogP contribution in [0.4, 0.5) is 4.39 Å². The molecule has 0 amide bonds. The third-order valence-corrected chi connectivity index (χ3v) is 2.86. The van der Waals surface area contributed by atoms with E-state index in [1.807, 2.05) is 6.92 Å². The maximum absolute atomic E-state index is 13.3. The lowest BCUT2D eigenvalue weighted by atomic mass is 10.1. The third-order valence-electron chi connectivity index (χ3n) is 2.55. The van der Waals surface area contributed by atoms with Crippen molar-refractivity contribution in [3.8, 4) is 11.3 Å². The van der Waals surface area contributed by atoms with Crippen LogP contribution in [0.15, 0.2) is 28.8 Å². The van der Waals surface area contributed by atoms with Gasteiger partial charge in [-0.05, 0) is 18.6 Å². The molecule has 1 atom stereocenters. The minimum absolute atomic E-state index is 0.0859. The fraction of sp³-hybridized carbons (Fsp3) is 0.250. The lowest BCUT2D eigenvalue weighted by Gasteiger charge is -2.00. The second kappa shape index (κ2) is 4.85. The van der Waals surface area contributed by atoms with Gasteiger partial charge in [0.05, 0.1) is 11.1 Å². The Morgan fingerprint density at radius 2 is 2.24 bits per heavy atom. The number of hydrogen-bond donors (Lipinski definition) is 1. The number of halogens is 2. The molecule has 0 fully saturated rings. The number of nitrogens with two attached hydrogens (primary N) is 1.